The molecule has 3 aromatic heterocycles. The van der Waals surface area contributed by atoms with Crippen LogP contribution < -0.4 is 5.32 Å². The van der Waals surface area contributed by atoms with Crippen molar-refractivity contribution in [2.75, 3.05) is 11.9 Å². The number of anilines is 1. The number of amides is 2. The number of nitrogens with zero attached hydrogens (tertiary/aromatic N) is 4. The maximum Gasteiger partial charge on any atom is 0.345 e. The number of carboxylic acid groups (broad SMARTS) is 1. The summed E-state index contributed by atoms with van der Waals surface area (Å²) in [6, 6.07) is 6.22. The number of carbonyl (C=O) groups is 2. The van der Waals surface area contributed by atoms with Crippen molar-refractivity contribution in [3.8, 4) is 10.6 Å². The zero-order chi connectivity index (χ0) is 18.7. The smallest absolute Gasteiger partial charge is 0.345 e. The number of fused-ring (bicyclic) bond motifs is 1. The van der Waals surface area contributed by atoms with E-state index in [0.29, 0.717) is 34.1 Å². The fraction of sp³-hybridized carbons (Fsp3) is 0.0625. The van der Waals surface area contributed by atoms with Crippen molar-refractivity contribution >= 4 is 63.2 Å². The van der Waals surface area contributed by atoms with Crippen LogP contribution in [0, 0.1) is 0 Å². The van der Waals surface area contributed by atoms with Gasteiger partial charge in [-0.2, -0.15) is 0 Å². The molecule has 2 N–H and O–H groups in total. The molecule has 3 aromatic rings. The van der Waals surface area contributed by atoms with E-state index in [-0.39, 0.29) is 10.9 Å². The van der Waals surface area contributed by atoms with Crippen molar-refractivity contribution in [1.82, 2.24) is 18.1 Å². The van der Waals surface area contributed by atoms with Gasteiger partial charge in [0, 0.05) is 0 Å². The summed E-state index contributed by atoms with van der Waals surface area (Å²) in [4.78, 5) is 37.0. The molecule has 8 nitrogen and oxygen atoms in total. The average Bonchev–Trinajstić information content (AvgIpc) is 3.11. The molecule has 0 aliphatic heterocycles. The third kappa shape index (κ3) is 3.96. The van der Waals surface area contributed by atoms with Crippen molar-refractivity contribution in [3.63, 3.8) is 0 Å². The second-order valence-corrected chi connectivity index (χ2v) is 7.28. The van der Waals surface area contributed by atoms with E-state index in [2.05, 4.69) is 26.8 Å². The molecule has 132 valence electrons. The highest BCUT2D eigenvalue weighted by atomic mass is 127. The summed E-state index contributed by atoms with van der Waals surface area (Å²) in [5, 5.41) is 11.7. The second-order valence-electron chi connectivity index (χ2n) is 5.03. The Hall–Kier alpha value is -2.60. The van der Waals surface area contributed by atoms with E-state index in [1.807, 2.05) is 22.9 Å². The van der Waals surface area contributed by atoms with Crippen LogP contribution in [0.4, 0.5) is 10.6 Å². The first-order chi connectivity index (χ1) is 12.5. The molecule has 10 heteroatoms. The molecule has 0 bridgehead atoms. The van der Waals surface area contributed by atoms with Crippen LogP contribution in [-0.4, -0.2) is 41.7 Å². The number of pyridine rings is 1. The lowest BCUT2D eigenvalue weighted by molar-refractivity contribution is 0.0702. The SMILES string of the molecule is C=CCN(I)C(=O)Nc1ccc2ncc(-c3ccc(C(=O)O)s3)nc2n1. The minimum atomic E-state index is -0.985. The van der Waals surface area contributed by atoms with E-state index in [4.69, 9.17) is 5.11 Å². The summed E-state index contributed by atoms with van der Waals surface area (Å²) in [7, 11) is 0. The maximum atomic E-state index is 12.0. The van der Waals surface area contributed by atoms with Crippen molar-refractivity contribution in [2.24, 2.45) is 0 Å². The predicted molar refractivity (Wildman–Crippen MR) is 108 cm³/mol. The lowest BCUT2D eigenvalue weighted by atomic mass is 10.3. The molecule has 0 saturated heterocycles. The molecule has 0 atom stereocenters. The highest BCUT2D eigenvalue weighted by Crippen LogP contribution is 2.27. The number of thiophene rings is 1. The molecule has 0 spiro atoms. The Labute approximate surface area is 166 Å². The molecule has 0 radical (unpaired) electrons. The van der Waals surface area contributed by atoms with Gasteiger partial charge in [0.15, 0.2) is 5.65 Å². The molecule has 0 aromatic carbocycles. The number of urea groups is 1. The third-order valence-electron chi connectivity index (χ3n) is 3.22. The number of carbonyl (C=O) groups excluding carboxylic acids is 1. The number of carboxylic acids is 1. The zero-order valence-corrected chi connectivity index (χ0v) is 16.2. The Morgan fingerprint density at radius 3 is 2.81 bits per heavy atom. The molecule has 2 amide bonds. The van der Waals surface area contributed by atoms with Gasteiger partial charge in [0.1, 0.15) is 21.9 Å². The van der Waals surface area contributed by atoms with Crippen LogP contribution in [-0.2, 0) is 0 Å². The van der Waals surface area contributed by atoms with E-state index in [9.17, 15) is 9.59 Å². The Morgan fingerprint density at radius 2 is 2.12 bits per heavy atom. The molecule has 3 heterocycles. The van der Waals surface area contributed by atoms with E-state index >= 15 is 0 Å². The van der Waals surface area contributed by atoms with Crippen LogP contribution in [0.1, 0.15) is 9.67 Å². The Balaban J connectivity index is 1.89. The minimum absolute atomic E-state index is 0.222. The highest BCUT2D eigenvalue weighted by molar-refractivity contribution is 14.1. The first kappa shape index (κ1) is 18.2. The summed E-state index contributed by atoms with van der Waals surface area (Å²) in [6.45, 7) is 3.98. The summed E-state index contributed by atoms with van der Waals surface area (Å²) in [6.07, 6.45) is 3.18. The lowest BCUT2D eigenvalue weighted by Gasteiger charge is -2.13. The molecule has 0 aliphatic rings. The van der Waals surface area contributed by atoms with Crippen LogP contribution in [0.25, 0.3) is 21.7 Å². The summed E-state index contributed by atoms with van der Waals surface area (Å²) < 4.78 is 1.43. The van der Waals surface area contributed by atoms with Crippen molar-refractivity contribution in [1.29, 1.82) is 0 Å². The lowest BCUT2D eigenvalue weighted by Crippen LogP contribution is -2.26. The third-order valence-corrected chi connectivity index (χ3v) is 5.15. The van der Waals surface area contributed by atoms with E-state index in [0.717, 1.165) is 11.3 Å². The molecule has 26 heavy (non-hydrogen) atoms. The van der Waals surface area contributed by atoms with Crippen LogP contribution in [0.2, 0.25) is 0 Å². The Bertz CT molecular complexity index is 1010. The number of aromatic carboxylic acids is 1. The minimum Gasteiger partial charge on any atom is -0.477 e. The molecule has 3 rings (SSSR count). The van der Waals surface area contributed by atoms with Gasteiger partial charge >= 0.3 is 12.0 Å². The first-order valence-electron chi connectivity index (χ1n) is 7.30. The van der Waals surface area contributed by atoms with Crippen LogP contribution >= 0.6 is 34.2 Å². The van der Waals surface area contributed by atoms with Crippen molar-refractivity contribution in [3.05, 3.63) is 48.0 Å². The fourth-order valence-corrected chi connectivity index (χ4v) is 3.24. The van der Waals surface area contributed by atoms with Crippen LogP contribution in [0.15, 0.2) is 43.1 Å². The molecule has 0 saturated carbocycles. The van der Waals surface area contributed by atoms with Gasteiger partial charge < -0.3 is 5.11 Å². The van der Waals surface area contributed by atoms with Gasteiger partial charge in [0.05, 0.1) is 40.5 Å². The molecule has 0 unspecified atom stereocenters. The number of halogens is 1. The van der Waals surface area contributed by atoms with E-state index in [1.54, 1.807) is 30.5 Å². The molecular weight excluding hydrogens is 469 g/mol. The maximum absolute atomic E-state index is 12.0. The average molecular weight is 481 g/mol. The largest absolute Gasteiger partial charge is 0.477 e. The van der Waals surface area contributed by atoms with Crippen molar-refractivity contribution in [2.45, 2.75) is 0 Å². The summed E-state index contributed by atoms with van der Waals surface area (Å²) in [5.41, 5.74) is 1.45. The Kier molecular flexibility index (Phi) is 5.42. The molecule has 0 aliphatic carbocycles. The van der Waals surface area contributed by atoms with Gasteiger partial charge in [-0.1, -0.05) is 6.08 Å². The van der Waals surface area contributed by atoms with Crippen molar-refractivity contribution < 1.29 is 14.7 Å². The number of rotatable bonds is 5. The van der Waals surface area contributed by atoms with Gasteiger partial charge in [-0.15, -0.1) is 17.9 Å². The van der Waals surface area contributed by atoms with Gasteiger partial charge in [-0.25, -0.2) is 19.6 Å². The number of hydrogen-bond donors (Lipinski definition) is 2. The number of hydrogen-bond acceptors (Lipinski definition) is 6. The monoisotopic (exact) mass is 481 g/mol. The fourth-order valence-electron chi connectivity index (χ4n) is 2.04. The van der Waals surface area contributed by atoms with Crippen LogP contribution in [0.3, 0.4) is 0 Å². The van der Waals surface area contributed by atoms with Crippen LogP contribution in [0.5, 0.6) is 0 Å². The van der Waals surface area contributed by atoms with E-state index < -0.39 is 5.97 Å². The summed E-state index contributed by atoms with van der Waals surface area (Å²) >= 11 is 2.99. The van der Waals surface area contributed by atoms with E-state index in [1.165, 1.54) is 9.18 Å². The normalized spacial score (nSPS) is 10.5. The quantitative estimate of drug-likeness (QED) is 0.326. The topological polar surface area (TPSA) is 108 Å². The Morgan fingerprint density at radius 1 is 1.31 bits per heavy atom. The van der Waals surface area contributed by atoms with Gasteiger partial charge in [-0.3, -0.25) is 13.4 Å². The first-order valence-corrected chi connectivity index (χ1v) is 9.08. The van der Waals surface area contributed by atoms with Gasteiger partial charge in [-0.05, 0) is 24.3 Å². The highest BCUT2D eigenvalue weighted by Gasteiger charge is 2.13. The second kappa shape index (κ2) is 7.74. The summed E-state index contributed by atoms with van der Waals surface area (Å²) in [5.74, 6) is -0.641. The van der Waals surface area contributed by atoms with Gasteiger partial charge in [0.25, 0.3) is 0 Å². The zero-order valence-electron chi connectivity index (χ0n) is 13.2. The number of aromatic nitrogens is 3. The number of nitrogens with one attached hydrogen (secondary N) is 1. The predicted octanol–water partition coefficient (Wildman–Crippen LogP) is 3.82. The molecule has 0 fully saturated rings. The molecular formula is C16H12IN5O3S. The standard InChI is InChI=1S/C16H12IN5O3S/c1-2-7-22(17)16(25)21-13-6-3-9-14(20-13)19-10(8-18-9)11-4-5-12(26-11)15(23)24/h2-6,8H,1,7H2,(H,23,24)(H,19,20,21,25). The van der Waals surface area contributed by atoms with Gasteiger partial charge in [0.2, 0.25) is 0 Å².